The summed E-state index contributed by atoms with van der Waals surface area (Å²) >= 11 is 0. The molecule has 1 unspecified atom stereocenters. The Kier molecular flexibility index (Phi) is 5.74. The fourth-order valence-electron chi connectivity index (χ4n) is 3.29. The van der Waals surface area contributed by atoms with Gasteiger partial charge in [0.05, 0.1) is 19.0 Å². The number of aryl methyl sites for hydroxylation is 1. The van der Waals surface area contributed by atoms with E-state index in [9.17, 15) is 9.18 Å². The number of methoxy groups -OCH3 is 1. The number of nitrogens with zero attached hydrogens (tertiary/aromatic N) is 2. The van der Waals surface area contributed by atoms with Gasteiger partial charge in [0, 0.05) is 19.2 Å². The zero-order chi connectivity index (χ0) is 19.4. The van der Waals surface area contributed by atoms with Crippen LogP contribution in [-0.4, -0.2) is 36.1 Å². The number of anilines is 1. The van der Waals surface area contributed by atoms with Crippen LogP contribution in [-0.2, 0) is 0 Å². The predicted molar refractivity (Wildman–Crippen MR) is 104 cm³/mol. The molecule has 1 aliphatic rings. The first-order chi connectivity index (χ1) is 12.9. The van der Waals surface area contributed by atoms with Crippen molar-refractivity contribution in [2.45, 2.75) is 20.3 Å². The summed E-state index contributed by atoms with van der Waals surface area (Å²) in [6.07, 6.45) is 4.39. The van der Waals surface area contributed by atoms with E-state index < -0.39 is 0 Å². The van der Waals surface area contributed by atoms with E-state index >= 15 is 0 Å². The first-order valence-corrected chi connectivity index (χ1v) is 8.98. The molecule has 0 spiro atoms. The van der Waals surface area contributed by atoms with Gasteiger partial charge in [0.25, 0.3) is 0 Å². The second-order valence-electron chi connectivity index (χ2n) is 6.90. The number of carbonyl (C=O) groups excluding carboxylic acids is 1. The number of hydrogen-bond acceptors (Lipinski definition) is 3. The van der Waals surface area contributed by atoms with Gasteiger partial charge in [-0.3, -0.25) is 0 Å². The minimum absolute atomic E-state index is 0.144. The van der Waals surface area contributed by atoms with Crippen LogP contribution in [0.3, 0.4) is 0 Å². The number of amides is 2. The molecule has 3 rings (SSSR count). The minimum atomic E-state index is -0.223. The van der Waals surface area contributed by atoms with Crippen molar-refractivity contribution >= 4 is 17.8 Å². The average Bonchev–Trinajstić information content (AvgIpc) is 2.63. The number of rotatable bonds is 3. The van der Waals surface area contributed by atoms with Crippen LogP contribution in [0.15, 0.2) is 42.1 Å². The third kappa shape index (κ3) is 4.84. The molecule has 0 radical (unpaired) electrons. The molecule has 0 saturated carbocycles. The fourth-order valence-corrected chi connectivity index (χ4v) is 3.29. The molecule has 2 amide bonds. The SMILES string of the molecule is COc1ccc(NC(=O)N2CC/C(=C\c3cc(C)cc(F)c3)C(C)C2)cn1. The van der Waals surface area contributed by atoms with E-state index in [0.717, 1.165) is 17.5 Å². The number of hydrogen-bond donors (Lipinski definition) is 1. The third-order valence-electron chi connectivity index (χ3n) is 4.70. The van der Waals surface area contributed by atoms with Crippen molar-refractivity contribution in [1.29, 1.82) is 0 Å². The quantitative estimate of drug-likeness (QED) is 0.867. The van der Waals surface area contributed by atoms with Crippen LogP contribution in [0.1, 0.15) is 24.5 Å². The average molecular weight is 369 g/mol. The highest BCUT2D eigenvalue weighted by Crippen LogP contribution is 2.26. The number of carbonyl (C=O) groups is 1. The molecule has 1 aromatic heterocycles. The first kappa shape index (κ1) is 18.9. The Hall–Kier alpha value is -2.89. The van der Waals surface area contributed by atoms with E-state index in [0.29, 0.717) is 24.7 Å². The Morgan fingerprint density at radius 3 is 2.81 bits per heavy atom. The Morgan fingerprint density at radius 2 is 2.19 bits per heavy atom. The van der Waals surface area contributed by atoms with Gasteiger partial charge >= 0.3 is 6.03 Å². The second-order valence-corrected chi connectivity index (χ2v) is 6.90. The summed E-state index contributed by atoms with van der Waals surface area (Å²) < 4.78 is 18.6. The van der Waals surface area contributed by atoms with Gasteiger partial charge < -0.3 is 15.0 Å². The fraction of sp³-hybridized carbons (Fsp3) is 0.333. The van der Waals surface area contributed by atoms with E-state index in [-0.39, 0.29) is 17.8 Å². The number of benzene rings is 1. The number of urea groups is 1. The van der Waals surface area contributed by atoms with Crippen molar-refractivity contribution in [1.82, 2.24) is 9.88 Å². The maximum atomic E-state index is 13.6. The highest BCUT2D eigenvalue weighted by Gasteiger charge is 2.24. The molecular weight excluding hydrogens is 345 g/mol. The van der Waals surface area contributed by atoms with Gasteiger partial charge in [-0.2, -0.15) is 0 Å². The van der Waals surface area contributed by atoms with Crippen molar-refractivity contribution in [3.8, 4) is 5.88 Å². The van der Waals surface area contributed by atoms with Crippen LogP contribution in [0.25, 0.3) is 6.08 Å². The third-order valence-corrected chi connectivity index (χ3v) is 4.70. The summed E-state index contributed by atoms with van der Waals surface area (Å²) in [6.45, 7) is 5.22. The lowest BCUT2D eigenvalue weighted by molar-refractivity contribution is 0.198. The summed E-state index contributed by atoms with van der Waals surface area (Å²) in [7, 11) is 1.55. The van der Waals surface area contributed by atoms with Gasteiger partial charge in [-0.05, 0) is 48.6 Å². The van der Waals surface area contributed by atoms with E-state index in [1.807, 2.05) is 19.1 Å². The molecule has 5 nitrogen and oxygen atoms in total. The van der Waals surface area contributed by atoms with Crippen molar-refractivity contribution in [2.24, 2.45) is 5.92 Å². The van der Waals surface area contributed by atoms with Crippen LogP contribution >= 0.6 is 0 Å². The molecule has 142 valence electrons. The molecular formula is C21H24FN3O2. The number of nitrogens with one attached hydrogen (secondary N) is 1. The lowest BCUT2D eigenvalue weighted by Gasteiger charge is -2.33. The molecule has 1 saturated heterocycles. The zero-order valence-corrected chi connectivity index (χ0v) is 15.8. The first-order valence-electron chi connectivity index (χ1n) is 8.98. The highest BCUT2D eigenvalue weighted by atomic mass is 19.1. The maximum Gasteiger partial charge on any atom is 0.321 e. The molecule has 1 atom stereocenters. The number of ether oxygens (including phenoxy) is 1. The van der Waals surface area contributed by atoms with Crippen molar-refractivity contribution in [3.63, 3.8) is 0 Å². The van der Waals surface area contributed by atoms with Gasteiger partial charge in [0.1, 0.15) is 5.82 Å². The molecule has 2 heterocycles. The summed E-state index contributed by atoms with van der Waals surface area (Å²) in [5.74, 6) is 0.489. The van der Waals surface area contributed by atoms with Gasteiger partial charge in [0.15, 0.2) is 0 Å². The maximum absolute atomic E-state index is 13.6. The number of halogens is 1. The van der Waals surface area contributed by atoms with Crippen molar-refractivity contribution in [3.05, 3.63) is 59.0 Å². The van der Waals surface area contributed by atoms with E-state index in [2.05, 4.69) is 17.2 Å². The normalized spacial score (nSPS) is 18.4. The number of likely N-dealkylation sites (tertiary alicyclic amines) is 1. The van der Waals surface area contributed by atoms with Crippen LogP contribution in [0.5, 0.6) is 5.88 Å². The standard InChI is InChI=1S/C21H24FN3O2/c1-14-8-16(11-18(22)9-14)10-17-6-7-25(13-15(17)2)21(26)24-19-4-5-20(27-3)23-12-19/h4-5,8-12,15H,6-7,13H2,1-3H3,(H,24,26)/b17-10+. The molecule has 2 aromatic rings. The van der Waals surface area contributed by atoms with Crippen LogP contribution in [0, 0.1) is 18.7 Å². The number of pyridine rings is 1. The molecule has 1 aliphatic heterocycles. The largest absolute Gasteiger partial charge is 0.481 e. The van der Waals surface area contributed by atoms with Gasteiger partial charge in [-0.1, -0.05) is 24.6 Å². The Balaban J connectivity index is 1.63. The lowest BCUT2D eigenvalue weighted by atomic mass is 9.91. The molecule has 1 aromatic carbocycles. The smallest absolute Gasteiger partial charge is 0.321 e. The van der Waals surface area contributed by atoms with Crippen LogP contribution < -0.4 is 10.1 Å². The number of aromatic nitrogens is 1. The minimum Gasteiger partial charge on any atom is -0.481 e. The van der Waals surface area contributed by atoms with E-state index in [1.165, 1.54) is 11.6 Å². The molecule has 1 fully saturated rings. The summed E-state index contributed by atoms with van der Waals surface area (Å²) in [6, 6.07) is 8.35. The summed E-state index contributed by atoms with van der Waals surface area (Å²) in [5, 5.41) is 2.86. The summed E-state index contributed by atoms with van der Waals surface area (Å²) in [4.78, 5) is 18.4. The molecule has 1 N–H and O–H groups in total. The highest BCUT2D eigenvalue weighted by molar-refractivity contribution is 5.89. The van der Waals surface area contributed by atoms with Crippen LogP contribution in [0.2, 0.25) is 0 Å². The van der Waals surface area contributed by atoms with Gasteiger partial charge in [-0.15, -0.1) is 0 Å². The van der Waals surface area contributed by atoms with Crippen molar-refractivity contribution in [2.75, 3.05) is 25.5 Å². The molecule has 0 bridgehead atoms. The molecule has 6 heteroatoms. The zero-order valence-electron chi connectivity index (χ0n) is 15.8. The second kappa shape index (κ2) is 8.20. The Bertz CT molecular complexity index is 829. The van der Waals surface area contributed by atoms with Gasteiger partial charge in [-0.25, -0.2) is 14.2 Å². The van der Waals surface area contributed by atoms with E-state index in [1.54, 1.807) is 36.4 Å². The van der Waals surface area contributed by atoms with Crippen LogP contribution in [0.4, 0.5) is 14.9 Å². The monoisotopic (exact) mass is 369 g/mol. The number of piperidine rings is 1. The van der Waals surface area contributed by atoms with Crippen molar-refractivity contribution < 1.29 is 13.9 Å². The predicted octanol–water partition coefficient (Wildman–Crippen LogP) is 4.50. The topological polar surface area (TPSA) is 54.5 Å². The molecule has 0 aliphatic carbocycles. The summed E-state index contributed by atoms with van der Waals surface area (Å²) in [5.41, 5.74) is 3.64. The Labute approximate surface area is 158 Å². The van der Waals surface area contributed by atoms with Gasteiger partial charge in [0.2, 0.25) is 5.88 Å². The Morgan fingerprint density at radius 1 is 1.37 bits per heavy atom. The van der Waals surface area contributed by atoms with E-state index in [4.69, 9.17) is 4.74 Å². The molecule has 27 heavy (non-hydrogen) atoms. The lowest BCUT2D eigenvalue weighted by Crippen LogP contribution is -2.42.